The Labute approximate surface area is 140 Å². The molecule has 1 atom stereocenters. The van der Waals surface area contributed by atoms with Crippen molar-refractivity contribution in [2.24, 2.45) is 0 Å². The van der Waals surface area contributed by atoms with E-state index in [-0.39, 0.29) is 23.6 Å². The summed E-state index contributed by atoms with van der Waals surface area (Å²) in [5, 5.41) is 9.01. The lowest BCUT2D eigenvalue weighted by Crippen LogP contribution is -2.31. The number of likely N-dealkylation sites (tertiary alicyclic amines) is 1. The second kappa shape index (κ2) is 7.55. The molecule has 2 heterocycles. The minimum atomic E-state index is -0.144. The van der Waals surface area contributed by atoms with Crippen LogP contribution < -0.4 is 4.74 Å². The van der Waals surface area contributed by atoms with Crippen molar-refractivity contribution in [2.45, 2.75) is 25.4 Å². The first-order valence-electron chi connectivity index (χ1n) is 7.95. The first-order valence-corrected chi connectivity index (χ1v) is 7.95. The summed E-state index contributed by atoms with van der Waals surface area (Å²) >= 11 is 0. The molecule has 1 fully saturated rings. The Morgan fingerprint density at radius 3 is 2.88 bits per heavy atom. The Balaban J connectivity index is 1.51. The van der Waals surface area contributed by atoms with Gasteiger partial charge in [0.2, 0.25) is 11.6 Å². The van der Waals surface area contributed by atoms with Crippen molar-refractivity contribution in [2.75, 3.05) is 13.1 Å². The number of carbonyl (C=O) groups excluding carboxylic acids is 1. The monoisotopic (exact) mass is 322 g/mol. The molecule has 0 bridgehead atoms. The summed E-state index contributed by atoms with van der Waals surface area (Å²) in [6.07, 6.45) is 4.77. The molecule has 0 spiro atoms. The summed E-state index contributed by atoms with van der Waals surface area (Å²) in [5.41, 5.74) is 1.34. The third kappa shape index (κ3) is 3.87. The second-order valence-corrected chi connectivity index (χ2v) is 5.68. The molecule has 0 N–H and O–H groups in total. The van der Waals surface area contributed by atoms with Gasteiger partial charge in [0.15, 0.2) is 0 Å². The topological polar surface area (TPSA) is 79.1 Å². The summed E-state index contributed by atoms with van der Waals surface area (Å²) in [4.78, 5) is 22.1. The highest BCUT2D eigenvalue weighted by molar-refractivity contribution is 5.76. The van der Waals surface area contributed by atoms with Crippen LogP contribution in [-0.2, 0) is 11.2 Å². The van der Waals surface area contributed by atoms with E-state index < -0.39 is 0 Å². The van der Waals surface area contributed by atoms with Gasteiger partial charge < -0.3 is 9.64 Å². The van der Waals surface area contributed by atoms with Gasteiger partial charge in [0.1, 0.15) is 12.2 Å². The van der Waals surface area contributed by atoms with Gasteiger partial charge in [0, 0.05) is 31.8 Å². The van der Waals surface area contributed by atoms with Crippen molar-refractivity contribution >= 4 is 5.91 Å². The first kappa shape index (κ1) is 15.9. The van der Waals surface area contributed by atoms with Crippen molar-refractivity contribution in [1.29, 1.82) is 5.26 Å². The van der Waals surface area contributed by atoms with Crippen LogP contribution in [0.1, 0.15) is 24.1 Å². The zero-order chi connectivity index (χ0) is 16.8. The molecule has 1 aliphatic heterocycles. The number of carbonyl (C=O) groups is 1. The number of amides is 1. The molecule has 122 valence electrons. The van der Waals surface area contributed by atoms with Gasteiger partial charge in [-0.25, -0.2) is 9.97 Å². The normalized spacial score (nSPS) is 16.6. The molecule has 0 radical (unpaired) electrons. The molecular weight excluding hydrogens is 304 g/mol. The Morgan fingerprint density at radius 1 is 1.29 bits per heavy atom. The van der Waals surface area contributed by atoms with Crippen LogP contribution in [0.25, 0.3) is 0 Å². The van der Waals surface area contributed by atoms with Crippen LogP contribution >= 0.6 is 0 Å². The SMILES string of the molecule is N#Cc1nccnc1OC1CCN(C(=O)CCc2ccccc2)C1. The highest BCUT2D eigenvalue weighted by Crippen LogP contribution is 2.19. The van der Waals surface area contributed by atoms with Gasteiger partial charge in [-0.1, -0.05) is 30.3 Å². The predicted molar refractivity (Wildman–Crippen MR) is 87.1 cm³/mol. The number of aromatic nitrogens is 2. The number of benzene rings is 1. The zero-order valence-electron chi connectivity index (χ0n) is 13.3. The van der Waals surface area contributed by atoms with Crippen LogP contribution in [0.4, 0.5) is 0 Å². The van der Waals surface area contributed by atoms with E-state index in [9.17, 15) is 4.79 Å². The van der Waals surface area contributed by atoms with Crippen LogP contribution in [0, 0.1) is 11.3 Å². The molecular formula is C18H18N4O2. The Hall–Kier alpha value is -2.94. The second-order valence-electron chi connectivity index (χ2n) is 5.68. The van der Waals surface area contributed by atoms with E-state index in [1.807, 2.05) is 41.3 Å². The molecule has 0 aliphatic carbocycles. The highest BCUT2D eigenvalue weighted by atomic mass is 16.5. The third-order valence-corrected chi connectivity index (χ3v) is 4.02. The van der Waals surface area contributed by atoms with Crippen molar-refractivity contribution in [1.82, 2.24) is 14.9 Å². The van der Waals surface area contributed by atoms with Crippen LogP contribution in [0.2, 0.25) is 0 Å². The summed E-state index contributed by atoms with van der Waals surface area (Å²) in [6.45, 7) is 1.19. The van der Waals surface area contributed by atoms with Crippen molar-refractivity contribution < 1.29 is 9.53 Å². The fourth-order valence-electron chi connectivity index (χ4n) is 2.75. The smallest absolute Gasteiger partial charge is 0.251 e. The van der Waals surface area contributed by atoms with E-state index in [1.165, 1.54) is 12.4 Å². The van der Waals surface area contributed by atoms with Gasteiger partial charge in [-0.05, 0) is 12.0 Å². The Bertz CT molecular complexity index is 742. The zero-order valence-corrected chi connectivity index (χ0v) is 13.3. The number of hydrogen-bond acceptors (Lipinski definition) is 5. The van der Waals surface area contributed by atoms with Gasteiger partial charge in [0.25, 0.3) is 5.88 Å². The van der Waals surface area contributed by atoms with Crippen molar-refractivity contribution in [3.63, 3.8) is 0 Å². The fraction of sp³-hybridized carbons (Fsp3) is 0.333. The minimum Gasteiger partial charge on any atom is -0.470 e. The highest BCUT2D eigenvalue weighted by Gasteiger charge is 2.28. The van der Waals surface area contributed by atoms with Crippen LogP contribution in [0.15, 0.2) is 42.7 Å². The quantitative estimate of drug-likeness (QED) is 0.841. The maximum absolute atomic E-state index is 12.3. The Kier molecular flexibility index (Phi) is 5.02. The molecule has 1 aromatic carbocycles. The summed E-state index contributed by atoms with van der Waals surface area (Å²) in [7, 11) is 0. The third-order valence-electron chi connectivity index (χ3n) is 4.02. The molecule has 1 amide bonds. The molecule has 24 heavy (non-hydrogen) atoms. The van der Waals surface area contributed by atoms with Gasteiger partial charge in [-0.2, -0.15) is 5.26 Å². The summed E-state index contributed by atoms with van der Waals surface area (Å²) in [6, 6.07) is 11.9. The number of rotatable bonds is 5. The number of nitriles is 1. The molecule has 6 nitrogen and oxygen atoms in total. The van der Waals surface area contributed by atoms with Crippen LogP contribution in [0.5, 0.6) is 5.88 Å². The molecule has 1 saturated heterocycles. The lowest BCUT2D eigenvalue weighted by atomic mass is 10.1. The lowest BCUT2D eigenvalue weighted by Gasteiger charge is -2.17. The molecule has 3 rings (SSSR count). The lowest BCUT2D eigenvalue weighted by molar-refractivity contribution is -0.130. The van der Waals surface area contributed by atoms with Crippen molar-refractivity contribution in [3.8, 4) is 11.9 Å². The molecule has 2 aromatic rings. The van der Waals surface area contributed by atoms with E-state index in [4.69, 9.17) is 10.00 Å². The molecule has 6 heteroatoms. The van der Waals surface area contributed by atoms with Gasteiger partial charge in [-0.15, -0.1) is 0 Å². The maximum atomic E-state index is 12.3. The molecule has 1 aromatic heterocycles. The first-order chi connectivity index (χ1) is 11.8. The van der Waals surface area contributed by atoms with E-state index in [0.29, 0.717) is 19.5 Å². The average Bonchev–Trinajstić information content (AvgIpc) is 3.10. The molecule has 1 unspecified atom stereocenters. The van der Waals surface area contributed by atoms with Gasteiger partial charge >= 0.3 is 0 Å². The van der Waals surface area contributed by atoms with E-state index >= 15 is 0 Å². The number of hydrogen-bond donors (Lipinski definition) is 0. The standard InChI is InChI=1S/C18H18N4O2/c19-12-16-18(21-10-9-20-16)24-15-8-11-22(13-15)17(23)7-6-14-4-2-1-3-5-14/h1-5,9-10,15H,6-8,11,13H2. The maximum Gasteiger partial charge on any atom is 0.251 e. The number of ether oxygens (including phenoxy) is 1. The minimum absolute atomic E-state index is 0.129. The predicted octanol–water partition coefficient (Wildman–Crippen LogP) is 1.96. The Morgan fingerprint density at radius 2 is 2.08 bits per heavy atom. The van der Waals surface area contributed by atoms with Crippen LogP contribution in [-0.4, -0.2) is 40.0 Å². The van der Waals surface area contributed by atoms with Crippen LogP contribution in [0.3, 0.4) is 0 Å². The largest absolute Gasteiger partial charge is 0.470 e. The van der Waals surface area contributed by atoms with Gasteiger partial charge in [-0.3, -0.25) is 4.79 Å². The summed E-state index contributed by atoms with van der Waals surface area (Å²) < 4.78 is 5.75. The molecule has 1 aliphatic rings. The van der Waals surface area contributed by atoms with E-state index in [0.717, 1.165) is 18.4 Å². The van der Waals surface area contributed by atoms with Gasteiger partial charge in [0.05, 0.1) is 6.54 Å². The average molecular weight is 322 g/mol. The van der Waals surface area contributed by atoms with E-state index in [2.05, 4.69) is 9.97 Å². The fourth-order valence-corrected chi connectivity index (χ4v) is 2.75. The number of aryl methyl sites for hydroxylation is 1. The van der Waals surface area contributed by atoms with Crippen molar-refractivity contribution in [3.05, 3.63) is 54.0 Å². The molecule has 0 saturated carbocycles. The summed E-state index contributed by atoms with van der Waals surface area (Å²) in [5.74, 6) is 0.369. The number of nitrogens with zero attached hydrogens (tertiary/aromatic N) is 4. The van der Waals surface area contributed by atoms with E-state index in [1.54, 1.807) is 0 Å².